The summed E-state index contributed by atoms with van der Waals surface area (Å²) in [7, 11) is 0. The predicted octanol–water partition coefficient (Wildman–Crippen LogP) is 0.188. The van der Waals surface area contributed by atoms with Crippen molar-refractivity contribution in [3.05, 3.63) is 11.4 Å². The number of rotatable bonds is 5. The summed E-state index contributed by atoms with van der Waals surface area (Å²) < 4.78 is 10.8. The van der Waals surface area contributed by atoms with Gasteiger partial charge in [-0.1, -0.05) is 0 Å². The summed E-state index contributed by atoms with van der Waals surface area (Å²) >= 11 is 0. The second-order valence-electron chi connectivity index (χ2n) is 3.71. The maximum Gasteiger partial charge on any atom is 0.344 e. The molecule has 18 heavy (non-hydrogen) atoms. The van der Waals surface area contributed by atoms with Crippen molar-refractivity contribution >= 4 is 17.6 Å². The highest BCUT2D eigenvalue weighted by atomic mass is 16.6. The van der Waals surface area contributed by atoms with Crippen molar-refractivity contribution in [2.45, 2.75) is 27.3 Å². The van der Waals surface area contributed by atoms with Crippen LogP contribution in [0.5, 0.6) is 0 Å². The molecular formula is C11H17N3O4. The normalized spacial score (nSPS) is 10.2. The standard InChI is InChI=1S/C11H17N3O4/c1-4-17-10(16)6-18-9(15)5-14-8(3)11(12)7(2)13-14/h4-6,12H2,1-3H3. The van der Waals surface area contributed by atoms with E-state index in [0.717, 1.165) is 0 Å². The molecule has 1 rings (SSSR count). The predicted molar refractivity (Wildman–Crippen MR) is 63.7 cm³/mol. The summed E-state index contributed by atoms with van der Waals surface area (Å²) in [5, 5.41) is 4.09. The van der Waals surface area contributed by atoms with Crippen molar-refractivity contribution in [1.29, 1.82) is 0 Å². The lowest BCUT2D eigenvalue weighted by Gasteiger charge is -2.06. The lowest BCUT2D eigenvalue weighted by Crippen LogP contribution is -2.20. The summed E-state index contributed by atoms with van der Waals surface area (Å²) in [5.41, 5.74) is 7.63. The molecule has 0 atom stereocenters. The molecule has 0 radical (unpaired) electrons. The number of aromatic nitrogens is 2. The minimum atomic E-state index is -0.571. The third kappa shape index (κ3) is 3.47. The number of nitrogens with zero attached hydrogens (tertiary/aromatic N) is 2. The maximum atomic E-state index is 11.5. The number of aryl methyl sites for hydroxylation is 1. The van der Waals surface area contributed by atoms with E-state index in [1.165, 1.54) is 4.68 Å². The Hall–Kier alpha value is -2.05. The second-order valence-corrected chi connectivity index (χ2v) is 3.71. The zero-order valence-electron chi connectivity index (χ0n) is 10.7. The van der Waals surface area contributed by atoms with Crippen LogP contribution in [0.3, 0.4) is 0 Å². The molecule has 0 spiro atoms. The fourth-order valence-corrected chi connectivity index (χ4v) is 1.37. The van der Waals surface area contributed by atoms with E-state index in [-0.39, 0.29) is 19.8 Å². The highest BCUT2D eigenvalue weighted by molar-refractivity contribution is 5.76. The lowest BCUT2D eigenvalue weighted by atomic mass is 10.3. The van der Waals surface area contributed by atoms with Gasteiger partial charge < -0.3 is 15.2 Å². The summed E-state index contributed by atoms with van der Waals surface area (Å²) in [6.45, 7) is 4.98. The highest BCUT2D eigenvalue weighted by Gasteiger charge is 2.13. The number of nitrogen functional groups attached to an aromatic ring is 1. The van der Waals surface area contributed by atoms with Gasteiger partial charge in [-0.2, -0.15) is 5.10 Å². The summed E-state index contributed by atoms with van der Waals surface area (Å²) in [6, 6.07) is 0. The highest BCUT2D eigenvalue weighted by Crippen LogP contribution is 2.14. The molecule has 0 saturated heterocycles. The zero-order chi connectivity index (χ0) is 13.7. The van der Waals surface area contributed by atoms with Crippen molar-refractivity contribution < 1.29 is 19.1 Å². The molecule has 0 aliphatic rings. The second kappa shape index (κ2) is 6.04. The molecule has 0 aromatic carbocycles. The van der Waals surface area contributed by atoms with Crippen molar-refractivity contribution in [1.82, 2.24) is 9.78 Å². The van der Waals surface area contributed by atoms with E-state index in [1.54, 1.807) is 20.8 Å². The van der Waals surface area contributed by atoms with Crippen LogP contribution in [0.1, 0.15) is 18.3 Å². The molecule has 0 aliphatic carbocycles. The molecular weight excluding hydrogens is 238 g/mol. The van der Waals surface area contributed by atoms with E-state index in [9.17, 15) is 9.59 Å². The van der Waals surface area contributed by atoms with Crippen molar-refractivity contribution in [2.75, 3.05) is 18.9 Å². The summed E-state index contributed by atoms with van der Waals surface area (Å²) in [6.07, 6.45) is 0. The van der Waals surface area contributed by atoms with Crippen LogP contribution >= 0.6 is 0 Å². The Morgan fingerprint density at radius 1 is 1.28 bits per heavy atom. The number of carbonyl (C=O) groups excluding carboxylic acids is 2. The average molecular weight is 255 g/mol. The molecule has 0 aliphatic heterocycles. The fraction of sp³-hybridized carbons (Fsp3) is 0.545. The largest absolute Gasteiger partial charge is 0.463 e. The number of esters is 2. The molecule has 1 aromatic heterocycles. The fourth-order valence-electron chi connectivity index (χ4n) is 1.37. The molecule has 2 N–H and O–H groups in total. The average Bonchev–Trinajstić information content (AvgIpc) is 2.55. The molecule has 7 nitrogen and oxygen atoms in total. The molecule has 1 heterocycles. The minimum Gasteiger partial charge on any atom is -0.463 e. The van der Waals surface area contributed by atoms with E-state index in [1.807, 2.05) is 0 Å². The van der Waals surface area contributed by atoms with Gasteiger partial charge in [-0.15, -0.1) is 0 Å². The van der Waals surface area contributed by atoms with Crippen LogP contribution in [0.4, 0.5) is 5.69 Å². The Labute approximate surface area is 105 Å². The molecule has 0 amide bonds. The first-order chi connectivity index (χ1) is 8.45. The van der Waals surface area contributed by atoms with Gasteiger partial charge in [0.15, 0.2) is 6.61 Å². The van der Waals surface area contributed by atoms with Crippen LogP contribution in [-0.4, -0.2) is 34.9 Å². The van der Waals surface area contributed by atoms with Crippen LogP contribution in [-0.2, 0) is 25.6 Å². The van der Waals surface area contributed by atoms with E-state index in [2.05, 4.69) is 9.84 Å². The van der Waals surface area contributed by atoms with Gasteiger partial charge in [-0.05, 0) is 20.8 Å². The molecule has 0 unspecified atom stereocenters. The van der Waals surface area contributed by atoms with Crippen LogP contribution in [0.25, 0.3) is 0 Å². The van der Waals surface area contributed by atoms with Crippen LogP contribution < -0.4 is 5.73 Å². The van der Waals surface area contributed by atoms with Gasteiger partial charge in [0.1, 0.15) is 6.54 Å². The minimum absolute atomic E-state index is 0.0801. The third-order valence-corrected chi connectivity index (χ3v) is 2.37. The third-order valence-electron chi connectivity index (χ3n) is 2.37. The maximum absolute atomic E-state index is 11.5. The number of anilines is 1. The Balaban J connectivity index is 2.50. The number of hydrogen-bond donors (Lipinski definition) is 1. The van der Waals surface area contributed by atoms with Crippen LogP contribution in [0.15, 0.2) is 0 Å². The SMILES string of the molecule is CCOC(=O)COC(=O)Cn1nc(C)c(N)c1C. The van der Waals surface area contributed by atoms with E-state index >= 15 is 0 Å². The van der Waals surface area contributed by atoms with E-state index < -0.39 is 11.9 Å². The molecule has 0 saturated carbocycles. The monoisotopic (exact) mass is 255 g/mol. The summed E-state index contributed by atoms with van der Waals surface area (Å²) in [5.74, 6) is -1.13. The summed E-state index contributed by atoms with van der Waals surface area (Å²) in [4.78, 5) is 22.4. The van der Waals surface area contributed by atoms with Crippen LogP contribution in [0.2, 0.25) is 0 Å². The molecule has 0 fully saturated rings. The number of carbonyl (C=O) groups is 2. The van der Waals surface area contributed by atoms with Gasteiger partial charge in [0, 0.05) is 0 Å². The van der Waals surface area contributed by atoms with Crippen LogP contribution in [0, 0.1) is 13.8 Å². The first kappa shape index (κ1) is 14.0. The van der Waals surface area contributed by atoms with Gasteiger partial charge in [0.25, 0.3) is 0 Å². The smallest absolute Gasteiger partial charge is 0.344 e. The molecule has 7 heteroatoms. The first-order valence-electron chi connectivity index (χ1n) is 5.56. The molecule has 100 valence electrons. The number of hydrogen-bond acceptors (Lipinski definition) is 6. The quantitative estimate of drug-likeness (QED) is 0.754. The van der Waals surface area contributed by atoms with Gasteiger partial charge in [0.2, 0.25) is 0 Å². The van der Waals surface area contributed by atoms with Gasteiger partial charge >= 0.3 is 11.9 Å². The lowest BCUT2D eigenvalue weighted by molar-refractivity contribution is -0.158. The van der Waals surface area contributed by atoms with E-state index in [0.29, 0.717) is 17.1 Å². The van der Waals surface area contributed by atoms with Crippen molar-refractivity contribution in [3.63, 3.8) is 0 Å². The van der Waals surface area contributed by atoms with Crippen molar-refractivity contribution in [2.24, 2.45) is 0 Å². The number of ether oxygens (including phenoxy) is 2. The first-order valence-corrected chi connectivity index (χ1v) is 5.56. The van der Waals surface area contributed by atoms with Gasteiger partial charge in [0.05, 0.1) is 23.7 Å². The van der Waals surface area contributed by atoms with Crippen molar-refractivity contribution in [3.8, 4) is 0 Å². The Bertz CT molecular complexity index is 453. The van der Waals surface area contributed by atoms with Gasteiger partial charge in [-0.3, -0.25) is 9.48 Å². The Kier molecular flexibility index (Phi) is 4.70. The topological polar surface area (TPSA) is 96.4 Å². The molecule has 0 bridgehead atoms. The number of nitrogens with two attached hydrogens (primary N) is 1. The van der Waals surface area contributed by atoms with E-state index in [4.69, 9.17) is 10.5 Å². The zero-order valence-corrected chi connectivity index (χ0v) is 10.7. The Morgan fingerprint density at radius 3 is 2.44 bits per heavy atom. The molecule has 1 aromatic rings. The Morgan fingerprint density at radius 2 is 1.94 bits per heavy atom. The van der Waals surface area contributed by atoms with Gasteiger partial charge in [-0.25, -0.2) is 4.79 Å².